The highest BCUT2D eigenvalue weighted by molar-refractivity contribution is 9.10. The van der Waals surface area contributed by atoms with Crippen molar-refractivity contribution in [3.05, 3.63) is 65.7 Å². The molecule has 0 spiro atoms. The topological polar surface area (TPSA) is 55.4 Å². The number of methoxy groups -OCH3 is 1. The number of ketones is 1. The summed E-state index contributed by atoms with van der Waals surface area (Å²) in [6.45, 7) is 1.75. The van der Waals surface area contributed by atoms with E-state index in [1.807, 2.05) is 24.3 Å². The van der Waals surface area contributed by atoms with Crippen molar-refractivity contribution in [1.29, 1.82) is 0 Å². The van der Waals surface area contributed by atoms with Crippen molar-refractivity contribution in [1.82, 2.24) is 0 Å². The van der Waals surface area contributed by atoms with E-state index in [9.17, 15) is 9.59 Å². The molecule has 0 aromatic heterocycles. The lowest BCUT2D eigenvalue weighted by Gasteiger charge is -2.06. The van der Waals surface area contributed by atoms with Crippen LogP contribution >= 0.6 is 15.9 Å². The first-order valence-electron chi connectivity index (χ1n) is 7.41. The van der Waals surface area contributed by atoms with Gasteiger partial charge in [-0.2, -0.15) is 0 Å². The molecule has 1 amide bonds. The van der Waals surface area contributed by atoms with Gasteiger partial charge in [0.1, 0.15) is 5.75 Å². The monoisotopic (exact) mass is 387 g/mol. The maximum atomic E-state index is 12.2. The number of rotatable bonds is 6. The molecule has 0 bridgehead atoms. The molecule has 5 heteroatoms. The number of anilines is 1. The molecule has 2 rings (SSSR count). The Labute approximate surface area is 149 Å². The SMILES string of the molecule is COc1ccc(/C=C/C(=O)c2ccc(NC(=O)C(C)Br)cc2)cc1. The summed E-state index contributed by atoms with van der Waals surface area (Å²) in [5.41, 5.74) is 2.13. The number of carbonyl (C=O) groups is 2. The molecule has 0 aliphatic heterocycles. The van der Waals surface area contributed by atoms with Gasteiger partial charge in [-0.05, 0) is 55.0 Å². The third-order valence-corrected chi connectivity index (χ3v) is 3.76. The van der Waals surface area contributed by atoms with Crippen LogP contribution in [0.25, 0.3) is 6.08 Å². The second-order valence-electron chi connectivity index (χ2n) is 5.15. The van der Waals surface area contributed by atoms with Gasteiger partial charge in [0, 0.05) is 11.3 Å². The molecule has 0 saturated heterocycles. The quantitative estimate of drug-likeness (QED) is 0.456. The van der Waals surface area contributed by atoms with Crippen LogP contribution in [0.5, 0.6) is 5.75 Å². The van der Waals surface area contributed by atoms with Gasteiger partial charge < -0.3 is 10.1 Å². The fourth-order valence-electron chi connectivity index (χ4n) is 1.94. The molecule has 4 nitrogen and oxygen atoms in total. The van der Waals surface area contributed by atoms with Crippen LogP contribution in [0.4, 0.5) is 5.69 Å². The number of allylic oxidation sites excluding steroid dienone is 1. The second-order valence-corrected chi connectivity index (χ2v) is 6.53. The summed E-state index contributed by atoms with van der Waals surface area (Å²) in [4.78, 5) is 23.5. The van der Waals surface area contributed by atoms with Crippen LogP contribution in [0.1, 0.15) is 22.8 Å². The average Bonchev–Trinajstić information content (AvgIpc) is 2.60. The Kier molecular flexibility index (Phi) is 6.32. The standard InChI is InChI=1S/C19H18BrNO3/c1-13(20)19(23)21-16-8-6-15(7-9-16)18(22)12-5-14-3-10-17(24-2)11-4-14/h3-13H,1-2H3,(H,21,23)/b12-5+. The molecule has 0 aliphatic rings. The van der Waals surface area contributed by atoms with Gasteiger partial charge in [-0.15, -0.1) is 0 Å². The molecule has 1 atom stereocenters. The van der Waals surface area contributed by atoms with Crippen LogP contribution in [0.3, 0.4) is 0 Å². The highest BCUT2D eigenvalue weighted by Crippen LogP contribution is 2.14. The number of ether oxygens (including phenoxy) is 1. The predicted octanol–water partition coefficient (Wildman–Crippen LogP) is 4.31. The van der Waals surface area contributed by atoms with Crippen molar-refractivity contribution in [3.63, 3.8) is 0 Å². The van der Waals surface area contributed by atoms with E-state index in [1.54, 1.807) is 44.4 Å². The summed E-state index contributed by atoms with van der Waals surface area (Å²) < 4.78 is 5.09. The minimum absolute atomic E-state index is 0.0995. The third kappa shape index (κ3) is 5.06. The van der Waals surface area contributed by atoms with Crippen molar-refractivity contribution in [2.75, 3.05) is 12.4 Å². The fraction of sp³-hybridized carbons (Fsp3) is 0.158. The molecule has 24 heavy (non-hydrogen) atoms. The van der Waals surface area contributed by atoms with Crippen LogP contribution in [-0.2, 0) is 4.79 Å². The predicted molar refractivity (Wildman–Crippen MR) is 99.8 cm³/mol. The Morgan fingerprint density at radius 1 is 1.08 bits per heavy atom. The number of benzene rings is 2. The maximum Gasteiger partial charge on any atom is 0.237 e. The van der Waals surface area contributed by atoms with Crippen molar-refractivity contribution >= 4 is 39.4 Å². The fourth-order valence-corrected chi connectivity index (χ4v) is 2.06. The minimum atomic E-state index is -0.272. The van der Waals surface area contributed by atoms with E-state index < -0.39 is 0 Å². The van der Waals surface area contributed by atoms with Crippen molar-refractivity contribution in [3.8, 4) is 5.75 Å². The van der Waals surface area contributed by atoms with E-state index in [0.717, 1.165) is 11.3 Å². The first-order valence-corrected chi connectivity index (χ1v) is 8.32. The molecular formula is C19H18BrNO3. The first-order chi connectivity index (χ1) is 11.5. The third-order valence-electron chi connectivity index (χ3n) is 3.34. The van der Waals surface area contributed by atoms with Gasteiger partial charge in [0.2, 0.25) is 5.91 Å². The summed E-state index contributed by atoms with van der Waals surface area (Å²) in [5, 5.41) is 2.75. The van der Waals surface area contributed by atoms with Gasteiger partial charge in [0.25, 0.3) is 0 Å². The summed E-state index contributed by atoms with van der Waals surface area (Å²) in [6.07, 6.45) is 3.28. The van der Waals surface area contributed by atoms with Crippen LogP contribution in [0.15, 0.2) is 54.6 Å². The number of halogens is 1. The Morgan fingerprint density at radius 3 is 2.25 bits per heavy atom. The lowest BCUT2D eigenvalue weighted by molar-refractivity contribution is -0.115. The highest BCUT2D eigenvalue weighted by Gasteiger charge is 2.09. The highest BCUT2D eigenvalue weighted by atomic mass is 79.9. The van der Waals surface area contributed by atoms with Gasteiger partial charge in [0.15, 0.2) is 5.78 Å². The number of amides is 1. The normalized spacial score (nSPS) is 12.0. The van der Waals surface area contributed by atoms with E-state index in [2.05, 4.69) is 21.2 Å². The molecule has 0 radical (unpaired) electrons. The molecule has 0 aliphatic carbocycles. The zero-order chi connectivity index (χ0) is 17.5. The zero-order valence-electron chi connectivity index (χ0n) is 13.5. The molecule has 0 heterocycles. The number of carbonyl (C=O) groups excluding carboxylic acids is 2. The lowest BCUT2D eigenvalue weighted by Crippen LogP contribution is -2.19. The van der Waals surface area contributed by atoms with E-state index in [1.165, 1.54) is 6.08 Å². The summed E-state index contributed by atoms with van der Waals surface area (Å²) in [6, 6.07) is 14.2. The average molecular weight is 388 g/mol. The Hall–Kier alpha value is -2.40. The van der Waals surface area contributed by atoms with Crippen molar-refractivity contribution in [2.24, 2.45) is 0 Å². The first kappa shape index (κ1) is 17.9. The largest absolute Gasteiger partial charge is 0.497 e. The van der Waals surface area contributed by atoms with E-state index in [0.29, 0.717) is 11.3 Å². The van der Waals surface area contributed by atoms with Crippen LogP contribution < -0.4 is 10.1 Å². The van der Waals surface area contributed by atoms with Gasteiger partial charge in [-0.1, -0.05) is 34.1 Å². The van der Waals surface area contributed by atoms with E-state index in [4.69, 9.17) is 4.74 Å². The van der Waals surface area contributed by atoms with Gasteiger partial charge in [-0.3, -0.25) is 9.59 Å². The van der Waals surface area contributed by atoms with Gasteiger partial charge in [-0.25, -0.2) is 0 Å². The van der Waals surface area contributed by atoms with Crippen LogP contribution in [0, 0.1) is 0 Å². The number of hydrogen-bond acceptors (Lipinski definition) is 3. The molecular weight excluding hydrogens is 370 g/mol. The Balaban J connectivity index is 2.01. The molecule has 0 fully saturated rings. The summed E-state index contributed by atoms with van der Waals surface area (Å²) >= 11 is 3.20. The van der Waals surface area contributed by atoms with Gasteiger partial charge in [0.05, 0.1) is 11.9 Å². The van der Waals surface area contributed by atoms with E-state index >= 15 is 0 Å². The molecule has 1 unspecified atom stereocenters. The second kappa shape index (κ2) is 8.45. The Morgan fingerprint density at radius 2 is 1.71 bits per heavy atom. The van der Waals surface area contributed by atoms with Crippen molar-refractivity contribution < 1.29 is 14.3 Å². The molecule has 124 valence electrons. The number of nitrogens with one attached hydrogen (secondary N) is 1. The summed E-state index contributed by atoms with van der Waals surface area (Å²) in [7, 11) is 1.61. The molecule has 2 aromatic carbocycles. The number of alkyl halides is 1. The van der Waals surface area contributed by atoms with E-state index in [-0.39, 0.29) is 16.5 Å². The smallest absolute Gasteiger partial charge is 0.237 e. The molecule has 0 saturated carbocycles. The zero-order valence-corrected chi connectivity index (χ0v) is 15.0. The molecule has 2 aromatic rings. The van der Waals surface area contributed by atoms with Crippen molar-refractivity contribution in [2.45, 2.75) is 11.8 Å². The Bertz CT molecular complexity index is 734. The molecule has 1 N–H and O–H groups in total. The van der Waals surface area contributed by atoms with Crippen LogP contribution in [-0.4, -0.2) is 23.6 Å². The maximum absolute atomic E-state index is 12.2. The minimum Gasteiger partial charge on any atom is -0.497 e. The van der Waals surface area contributed by atoms with Crippen LogP contribution in [0.2, 0.25) is 0 Å². The number of hydrogen-bond donors (Lipinski definition) is 1. The lowest BCUT2D eigenvalue weighted by atomic mass is 10.1. The summed E-state index contributed by atoms with van der Waals surface area (Å²) in [5.74, 6) is 0.542. The van der Waals surface area contributed by atoms with Gasteiger partial charge >= 0.3 is 0 Å².